The van der Waals surface area contributed by atoms with Crippen LogP contribution in [0.3, 0.4) is 0 Å². The molecular formula is C13H12FNO4S2. The first-order valence-electron chi connectivity index (χ1n) is 5.84. The maximum absolute atomic E-state index is 13.0. The van der Waals surface area contributed by atoms with Gasteiger partial charge in [-0.3, -0.25) is 9.10 Å². The summed E-state index contributed by atoms with van der Waals surface area (Å²) >= 11 is 1.03. The number of nitrogens with zero attached hydrogens (tertiary/aromatic N) is 1. The Labute approximate surface area is 125 Å². The zero-order chi connectivity index (χ0) is 15.5. The van der Waals surface area contributed by atoms with Crippen LogP contribution >= 0.6 is 11.3 Å². The van der Waals surface area contributed by atoms with Crippen molar-refractivity contribution in [2.45, 2.75) is 4.21 Å². The predicted octanol–water partition coefficient (Wildman–Crippen LogP) is 2.26. The molecule has 0 radical (unpaired) electrons. The average molecular weight is 329 g/mol. The van der Waals surface area contributed by atoms with Crippen molar-refractivity contribution in [1.82, 2.24) is 0 Å². The summed E-state index contributed by atoms with van der Waals surface area (Å²) in [5.74, 6) is -1.20. The first kappa shape index (κ1) is 15.5. The number of benzene rings is 1. The zero-order valence-electron chi connectivity index (χ0n) is 11.0. The van der Waals surface area contributed by atoms with Gasteiger partial charge < -0.3 is 4.74 Å². The third-order valence-corrected chi connectivity index (χ3v) is 5.80. The molecule has 0 aliphatic rings. The van der Waals surface area contributed by atoms with Crippen LogP contribution in [-0.4, -0.2) is 28.0 Å². The molecule has 1 aromatic heterocycles. The molecule has 0 aliphatic heterocycles. The minimum absolute atomic E-state index is 0.0933. The summed E-state index contributed by atoms with van der Waals surface area (Å²) in [4.78, 5) is 11.5. The van der Waals surface area contributed by atoms with E-state index in [1.54, 1.807) is 11.4 Å². The molecule has 1 aromatic carbocycles. The lowest BCUT2D eigenvalue weighted by Crippen LogP contribution is -2.35. The van der Waals surface area contributed by atoms with E-state index >= 15 is 0 Å². The number of ether oxygens (including phenoxy) is 1. The van der Waals surface area contributed by atoms with E-state index in [0.29, 0.717) is 0 Å². The van der Waals surface area contributed by atoms with E-state index in [4.69, 9.17) is 0 Å². The van der Waals surface area contributed by atoms with Gasteiger partial charge in [-0.05, 0) is 35.7 Å². The van der Waals surface area contributed by atoms with Crippen molar-refractivity contribution in [3.05, 3.63) is 47.6 Å². The molecule has 8 heteroatoms. The highest BCUT2D eigenvalue weighted by Crippen LogP contribution is 2.26. The summed E-state index contributed by atoms with van der Waals surface area (Å²) in [5, 5.41) is 1.62. The second kappa shape index (κ2) is 6.23. The van der Waals surface area contributed by atoms with Gasteiger partial charge in [0, 0.05) is 0 Å². The second-order valence-electron chi connectivity index (χ2n) is 4.00. The van der Waals surface area contributed by atoms with E-state index in [2.05, 4.69) is 4.74 Å². The fourth-order valence-corrected chi connectivity index (χ4v) is 4.14. The maximum atomic E-state index is 13.0. The summed E-state index contributed by atoms with van der Waals surface area (Å²) in [5.41, 5.74) is 0.190. The van der Waals surface area contributed by atoms with Crippen molar-refractivity contribution < 1.29 is 22.3 Å². The van der Waals surface area contributed by atoms with Crippen LogP contribution in [0.2, 0.25) is 0 Å². The Morgan fingerprint density at radius 2 is 1.95 bits per heavy atom. The number of hydrogen-bond acceptors (Lipinski definition) is 5. The van der Waals surface area contributed by atoms with Crippen molar-refractivity contribution in [2.75, 3.05) is 18.0 Å². The van der Waals surface area contributed by atoms with Gasteiger partial charge in [0.2, 0.25) is 0 Å². The van der Waals surface area contributed by atoms with Crippen molar-refractivity contribution >= 4 is 33.0 Å². The smallest absolute Gasteiger partial charge is 0.326 e. The summed E-state index contributed by atoms with van der Waals surface area (Å²) in [7, 11) is -2.73. The van der Waals surface area contributed by atoms with Crippen molar-refractivity contribution in [3.8, 4) is 0 Å². The lowest BCUT2D eigenvalue weighted by molar-refractivity contribution is -0.138. The molecule has 0 saturated carbocycles. The molecule has 1 heterocycles. The number of thiophene rings is 1. The third kappa shape index (κ3) is 3.40. The first-order chi connectivity index (χ1) is 9.95. The molecule has 112 valence electrons. The van der Waals surface area contributed by atoms with Crippen LogP contribution < -0.4 is 4.31 Å². The summed E-state index contributed by atoms with van der Waals surface area (Å²) in [6.45, 7) is -0.484. The van der Waals surface area contributed by atoms with Crippen LogP contribution in [0.15, 0.2) is 46.0 Å². The van der Waals surface area contributed by atoms with Crippen LogP contribution in [0.4, 0.5) is 10.1 Å². The van der Waals surface area contributed by atoms with E-state index in [0.717, 1.165) is 27.8 Å². The van der Waals surface area contributed by atoms with Crippen molar-refractivity contribution in [3.63, 3.8) is 0 Å². The Balaban J connectivity index is 2.46. The van der Waals surface area contributed by atoms with Crippen LogP contribution in [0.25, 0.3) is 0 Å². The number of rotatable bonds is 5. The fourth-order valence-electron chi connectivity index (χ4n) is 1.62. The number of hydrogen-bond donors (Lipinski definition) is 0. The van der Waals surface area contributed by atoms with Gasteiger partial charge in [-0.25, -0.2) is 12.8 Å². The third-order valence-electron chi connectivity index (χ3n) is 2.65. The molecule has 5 nitrogen and oxygen atoms in total. The maximum Gasteiger partial charge on any atom is 0.326 e. The first-order valence-corrected chi connectivity index (χ1v) is 8.16. The number of carbonyl (C=O) groups is 1. The summed E-state index contributed by atoms with van der Waals surface area (Å²) in [6.07, 6.45) is 0. The largest absolute Gasteiger partial charge is 0.468 e. The van der Waals surface area contributed by atoms with Gasteiger partial charge in [-0.15, -0.1) is 11.3 Å². The Kier molecular flexibility index (Phi) is 4.59. The van der Waals surface area contributed by atoms with E-state index in [-0.39, 0.29) is 9.90 Å². The molecule has 2 rings (SSSR count). The SMILES string of the molecule is COC(=O)CN(c1ccc(F)cc1)S(=O)(=O)c1cccs1. The van der Waals surface area contributed by atoms with Crippen LogP contribution in [0.1, 0.15) is 0 Å². The lowest BCUT2D eigenvalue weighted by Gasteiger charge is -2.22. The van der Waals surface area contributed by atoms with Gasteiger partial charge in [0.25, 0.3) is 10.0 Å². The molecule has 0 N–H and O–H groups in total. The van der Waals surface area contributed by atoms with Crippen molar-refractivity contribution in [2.24, 2.45) is 0 Å². The molecule has 0 amide bonds. The monoisotopic (exact) mass is 329 g/mol. The Morgan fingerprint density at radius 3 is 2.48 bits per heavy atom. The summed E-state index contributed by atoms with van der Waals surface area (Å²) in [6, 6.07) is 7.88. The average Bonchev–Trinajstić information content (AvgIpc) is 3.00. The molecule has 0 saturated heterocycles. The second-order valence-corrected chi connectivity index (χ2v) is 7.03. The number of sulfonamides is 1. The fraction of sp³-hybridized carbons (Fsp3) is 0.154. The molecule has 0 spiro atoms. The van der Waals surface area contributed by atoms with Gasteiger partial charge >= 0.3 is 5.97 Å². The predicted molar refractivity (Wildman–Crippen MR) is 77.3 cm³/mol. The minimum Gasteiger partial charge on any atom is -0.468 e. The standard InChI is InChI=1S/C13H12FNO4S2/c1-19-12(16)9-15(11-6-4-10(14)5-7-11)21(17,18)13-3-2-8-20-13/h2-8H,9H2,1H3. The van der Waals surface area contributed by atoms with Gasteiger partial charge in [-0.2, -0.15) is 0 Å². The van der Waals surface area contributed by atoms with Crippen LogP contribution in [-0.2, 0) is 19.6 Å². The van der Waals surface area contributed by atoms with E-state index < -0.39 is 28.4 Å². The lowest BCUT2D eigenvalue weighted by atomic mass is 10.3. The molecule has 0 unspecified atom stereocenters. The van der Waals surface area contributed by atoms with Crippen LogP contribution in [0.5, 0.6) is 0 Å². The number of carbonyl (C=O) groups excluding carboxylic acids is 1. The van der Waals surface area contributed by atoms with Gasteiger partial charge in [-0.1, -0.05) is 6.07 Å². The molecule has 21 heavy (non-hydrogen) atoms. The van der Waals surface area contributed by atoms with Gasteiger partial charge in [0.1, 0.15) is 16.6 Å². The Bertz CT molecular complexity index is 711. The molecular weight excluding hydrogens is 317 g/mol. The quantitative estimate of drug-likeness (QED) is 0.789. The topological polar surface area (TPSA) is 63.7 Å². The number of methoxy groups -OCH3 is 1. The number of anilines is 1. The normalized spacial score (nSPS) is 11.1. The van der Waals surface area contributed by atoms with Crippen molar-refractivity contribution in [1.29, 1.82) is 0 Å². The highest BCUT2D eigenvalue weighted by atomic mass is 32.2. The zero-order valence-corrected chi connectivity index (χ0v) is 12.7. The number of esters is 1. The Hall–Kier alpha value is -1.93. The molecule has 0 fully saturated rings. The molecule has 2 aromatic rings. The van der Waals surface area contributed by atoms with Gasteiger partial charge in [0.15, 0.2) is 0 Å². The Morgan fingerprint density at radius 1 is 1.29 bits per heavy atom. The summed E-state index contributed by atoms with van der Waals surface area (Å²) < 4.78 is 43.6. The minimum atomic E-state index is -3.90. The van der Waals surface area contributed by atoms with Crippen LogP contribution in [0, 0.1) is 5.82 Å². The van der Waals surface area contributed by atoms with E-state index in [1.165, 1.54) is 25.3 Å². The highest BCUT2D eigenvalue weighted by Gasteiger charge is 2.28. The number of halogens is 1. The molecule has 0 atom stereocenters. The van der Waals surface area contributed by atoms with E-state index in [9.17, 15) is 17.6 Å². The molecule has 0 aliphatic carbocycles. The van der Waals surface area contributed by atoms with Gasteiger partial charge in [0.05, 0.1) is 12.8 Å². The molecule has 0 bridgehead atoms. The highest BCUT2D eigenvalue weighted by molar-refractivity contribution is 7.94. The van der Waals surface area contributed by atoms with E-state index in [1.807, 2.05) is 0 Å².